The van der Waals surface area contributed by atoms with Crippen LogP contribution in [0.4, 0.5) is 0 Å². The molecule has 24 unspecified atom stereocenters. The molecule has 0 aromatic carbocycles. The van der Waals surface area contributed by atoms with Crippen molar-refractivity contribution in [3.05, 3.63) is 0 Å². The third kappa shape index (κ3) is 43.6. The van der Waals surface area contributed by atoms with Crippen molar-refractivity contribution < 1.29 is 148 Å². The zero-order valence-corrected chi connectivity index (χ0v) is 56.6. The zero-order valence-electron chi connectivity index (χ0n) is 56.6. The van der Waals surface area contributed by atoms with E-state index in [1.807, 2.05) is 0 Å². The van der Waals surface area contributed by atoms with E-state index in [-0.39, 0.29) is 314 Å². The number of carbonyl (C=O) groups excluding carboxylic acids is 12. The Balaban J connectivity index is -0.000000185. The van der Waals surface area contributed by atoms with Crippen LogP contribution in [0.2, 0.25) is 0 Å². The molecule has 0 N–H and O–H groups in total. The van der Waals surface area contributed by atoms with E-state index < -0.39 is 148 Å². The van der Waals surface area contributed by atoms with Gasteiger partial charge in [0.05, 0.1) is 162 Å². The lowest BCUT2D eigenvalue weighted by atomic mass is 9.79. The number of epoxide rings is 7. The van der Waals surface area contributed by atoms with Gasteiger partial charge in [-0.3, -0.25) is 28.8 Å². The summed E-state index contributed by atoms with van der Waals surface area (Å²) >= 11 is 0. The Labute approximate surface area is 759 Å². The van der Waals surface area contributed by atoms with Crippen LogP contribution in [0, 0.1) is 59.2 Å². The van der Waals surface area contributed by atoms with Crippen LogP contribution in [0.1, 0.15) is 319 Å². The molecule has 31 heteroatoms. The van der Waals surface area contributed by atoms with Crippen molar-refractivity contribution in [1.82, 2.24) is 0 Å². The molecule has 7 heterocycles. The van der Waals surface area contributed by atoms with Gasteiger partial charge in [-0.25, -0.2) is 28.8 Å². The lowest BCUT2D eigenvalue weighted by molar-refractivity contribution is -0.174. The summed E-state index contributed by atoms with van der Waals surface area (Å²) in [5, 5.41) is 0. The highest BCUT2D eigenvalue weighted by molar-refractivity contribution is 5.91. The quantitative estimate of drug-likeness (QED) is 0.0334. The van der Waals surface area contributed by atoms with Crippen molar-refractivity contribution in [1.29, 1.82) is 0 Å². The first kappa shape index (κ1) is 144. The summed E-state index contributed by atoms with van der Waals surface area (Å²) in [5.41, 5.74) is 0. The summed E-state index contributed by atoms with van der Waals surface area (Å²) in [6, 6.07) is 0. The molecule has 14 aliphatic rings. The number of rotatable bonds is 33. The molecule has 7 aliphatic heterocycles. The topological polar surface area (TPSA) is 403 Å². The third-order valence-electron chi connectivity index (χ3n) is 22.2. The summed E-state index contributed by atoms with van der Waals surface area (Å²) in [6.45, 7) is -3.61. The Morgan fingerprint density at radius 2 is 0.360 bits per heavy atom. The van der Waals surface area contributed by atoms with Crippen molar-refractivity contribution in [2.24, 2.45) is 59.2 Å². The molecule has 0 amide bonds. The highest BCUT2D eigenvalue weighted by Crippen LogP contribution is 2.46. The second-order valence-electron chi connectivity index (χ2n) is 29.7. The second kappa shape index (κ2) is 66.7. The van der Waals surface area contributed by atoms with E-state index in [2.05, 4.69) is 0 Å². The van der Waals surface area contributed by atoms with Crippen molar-refractivity contribution in [2.45, 2.75) is 405 Å². The largest absolute Gasteiger partial charge is 0.463 e. The molecule has 0 radical (unpaired) electrons. The minimum atomic E-state index is -1.89. The van der Waals surface area contributed by atoms with Gasteiger partial charge in [0.25, 0.3) is 0 Å². The predicted octanol–water partition coefficient (Wildman–Crippen LogP) is 18.0. The van der Waals surface area contributed by atoms with Crippen molar-refractivity contribution in [3.63, 3.8) is 0 Å². The molecule has 7 saturated heterocycles. The minimum absolute atomic E-state index is 0. The smallest absolute Gasteiger partial charge is 0.344 e. The maximum Gasteiger partial charge on any atom is 0.344 e. The fourth-order valence-corrected chi connectivity index (χ4v) is 15.8. The monoisotopic (exact) mass is 1810 g/mol. The van der Waals surface area contributed by atoms with Crippen molar-refractivity contribution >= 4 is 71.6 Å². The lowest BCUT2D eigenvalue weighted by Gasteiger charge is -2.26. The van der Waals surface area contributed by atoms with Gasteiger partial charge in [0, 0.05) is 0 Å². The Bertz CT molecular complexity index is 2860. The lowest BCUT2D eigenvalue weighted by Crippen LogP contribution is -2.39. The molecule has 7 saturated carbocycles. The molecule has 24 atom stereocenters. The summed E-state index contributed by atoms with van der Waals surface area (Å²) in [5.74, 6) is -15.6. The van der Waals surface area contributed by atoms with E-state index in [1.165, 1.54) is 0 Å². The van der Waals surface area contributed by atoms with E-state index >= 15 is 0 Å². The van der Waals surface area contributed by atoms with E-state index in [0.717, 1.165) is 116 Å². The van der Waals surface area contributed by atoms with E-state index in [1.54, 1.807) is 0 Å². The summed E-state index contributed by atoms with van der Waals surface area (Å²) in [6.07, 6.45) is 16.7. The average molecular weight is 1810 g/mol. The fraction of sp³-hybridized carbons (Fsp3) is 0.872. The van der Waals surface area contributed by atoms with Crippen LogP contribution >= 0.6 is 0 Å². The molecular weight excluding hydrogens is 1630 g/mol. The fourth-order valence-electron chi connectivity index (χ4n) is 15.8. The molecule has 14 rings (SSSR count). The van der Waals surface area contributed by atoms with E-state index in [0.29, 0.717) is 37.3 Å². The molecule has 7 aliphatic carbocycles. The molecule has 750 valence electrons. The van der Waals surface area contributed by atoms with Crippen LogP contribution < -0.4 is 0 Å². The highest BCUT2D eigenvalue weighted by Gasteiger charge is 2.55. The van der Waals surface area contributed by atoms with Gasteiger partial charge in [0.1, 0.15) is 0 Å². The molecule has 14 fully saturated rings. The van der Waals surface area contributed by atoms with Crippen molar-refractivity contribution in [3.8, 4) is 0 Å². The first-order valence-corrected chi connectivity index (χ1v) is 36.3. The van der Waals surface area contributed by atoms with Crippen LogP contribution in [0.15, 0.2) is 0 Å². The van der Waals surface area contributed by atoms with Crippen LogP contribution in [0.5, 0.6) is 0 Å². The number of hydrogen-bond acceptors (Lipinski definition) is 31. The molecule has 0 aromatic heterocycles. The highest BCUT2D eigenvalue weighted by atomic mass is 16.6. The van der Waals surface area contributed by atoms with Gasteiger partial charge < -0.3 is 90.0 Å². The molecule has 31 nitrogen and oxygen atoms in total. The summed E-state index contributed by atoms with van der Waals surface area (Å²) in [7, 11) is 0. The Hall–Kier alpha value is -6.64. The number of ether oxygens (including phenoxy) is 19. The van der Waals surface area contributed by atoms with Gasteiger partial charge in [-0.15, -0.1) is 0 Å². The minimum Gasteiger partial charge on any atom is -0.463 e. The van der Waals surface area contributed by atoms with Gasteiger partial charge in [-0.1, -0.05) is 178 Å². The average Bonchev–Trinajstić information content (AvgIpc) is 1.61. The molecule has 125 heavy (non-hydrogen) atoms. The molecule has 0 bridgehead atoms. The first-order valence-electron chi connectivity index (χ1n) is 36.3. The van der Waals surface area contributed by atoms with Crippen LogP contribution in [-0.4, -0.2) is 236 Å². The number of carbonyl (C=O) groups is 12. The Kier molecular flexibility index (Phi) is 76.9. The van der Waals surface area contributed by atoms with E-state index in [4.69, 9.17) is 90.0 Å². The second-order valence-corrected chi connectivity index (χ2v) is 29.7. The summed E-state index contributed by atoms with van der Waals surface area (Å²) in [4.78, 5) is 154. The molecular formula is C94H188O31. The van der Waals surface area contributed by atoms with E-state index in [9.17, 15) is 57.5 Å². The predicted molar refractivity (Wildman–Crippen MR) is 490 cm³/mol. The standard InChI is InChI=1S/C44H58O20.C26H34O11.24CH4/c45-37(57-19-39(47)53-15-23-1-5-29-33(9-23)61-29)13-27(43(51)59-21-41(49)55-17-25-3-7-31-35(11-25)63-31)28(44(52)60-22-42(50)56-18-26-4-8-32-36(12-26)64-32)14-38(46)58-20-40(48)54-16-24-2-6-30-34(10-24)62-30;27-23(31-9-13-1-3-17-19(5-13)35-17)11-33-25(29)15-7-21-22(37-21)8-16(15)26(30)34-12-24(28)32-10-14-2-4-18-20(6-14)36-18;;;;;;;;;;;;;;;;;;;;;;;;/h23-36H,1-22H2;13-22H,1-12H2;24*1H4. The van der Waals surface area contributed by atoms with Crippen molar-refractivity contribution in [2.75, 3.05) is 79.3 Å². The van der Waals surface area contributed by atoms with Crippen LogP contribution in [0.3, 0.4) is 0 Å². The van der Waals surface area contributed by atoms with Crippen LogP contribution in [-0.2, 0) is 148 Å². The van der Waals surface area contributed by atoms with Gasteiger partial charge in [0.15, 0.2) is 39.6 Å². The Morgan fingerprint density at radius 3 is 0.552 bits per heavy atom. The van der Waals surface area contributed by atoms with Gasteiger partial charge >= 0.3 is 71.6 Å². The first-order chi connectivity index (χ1) is 48.8. The maximum absolute atomic E-state index is 13.8. The van der Waals surface area contributed by atoms with Crippen LogP contribution in [0.25, 0.3) is 0 Å². The molecule has 0 aromatic rings. The van der Waals surface area contributed by atoms with Gasteiger partial charge in [-0.2, -0.15) is 0 Å². The van der Waals surface area contributed by atoms with Gasteiger partial charge in [-0.05, 0) is 164 Å². The molecule has 0 spiro atoms. The number of fused-ring (bicyclic) bond motifs is 7. The summed E-state index contributed by atoms with van der Waals surface area (Å²) < 4.78 is 102. The number of esters is 12. The normalized spacial score (nSPS) is 29.1. The number of hydrogen-bond donors (Lipinski definition) is 0. The third-order valence-corrected chi connectivity index (χ3v) is 22.2. The maximum atomic E-state index is 13.8. The zero-order chi connectivity index (χ0) is 70.3. The van der Waals surface area contributed by atoms with Gasteiger partial charge in [0.2, 0.25) is 0 Å². The Morgan fingerprint density at radius 1 is 0.192 bits per heavy atom. The SMILES string of the molecule is C.C.C.C.C.C.C.C.C.C.C.C.C.C.C.C.C.C.C.C.C.C.C.C.O=C(COC(=O)C1CC2OC2CC1C(=O)OCC(=O)OCC1CCC2OC2C1)OCC1CCC2OC2C1.O=C(COC(=O)CC(C(=O)OCC(=O)OCC1CCC2OC2C1)C(CC(=O)OCC(=O)OCC1CCC2OC2C1)C(=O)OCC(=O)OCC1CCC2OC2C1)OCC1CCC2OC2C1.